The standard InChI is InChI=1S/C12H16ClNOS/c13-10-3-1-2-4-12(10)16-8-11(14)9-5-6-15-7-9/h1-4,9,11H,5-8,14H2. The number of hydrogen-bond donors (Lipinski definition) is 1. The van der Waals surface area contributed by atoms with Gasteiger partial charge in [-0.1, -0.05) is 23.7 Å². The Bertz CT molecular complexity index is 342. The third kappa shape index (κ3) is 3.14. The summed E-state index contributed by atoms with van der Waals surface area (Å²) < 4.78 is 5.34. The number of halogens is 1. The van der Waals surface area contributed by atoms with Crippen molar-refractivity contribution in [2.45, 2.75) is 17.4 Å². The molecule has 1 aromatic carbocycles. The average molecular weight is 258 g/mol. The van der Waals surface area contributed by atoms with Crippen molar-refractivity contribution in [3.05, 3.63) is 29.3 Å². The molecule has 1 aliphatic heterocycles. The molecule has 0 bridgehead atoms. The van der Waals surface area contributed by atoms with Gasteiger partial charge < -0.3 is 10.5 Å². The fourth-order valence-corrected chi connectivity index (χ4v) is 3.10. The average Bonchev–Trinajstić information content (AvgIpc) is 2.81. The molecule has 1 heterocycles. The molecule has 2 nitrogen and oxygen atoms in total. The molecule has 0 aliphatic carbocycles. The lowest BCUT2D eigenvalue weighted by atomic mass is 10.0. The zero-order valence-electron chi connectivity index (χ0n) is 9.06. The summed E-state index contributed by atoms with van der Waals surface area (Å²) in [5, 5.41) is 0.808. The molecule has 88 valence electrons. The highest BCUT2D eigenvalue weighted by molar-refractivity contribution is 7.99. The minimum absolute atomic E-state index is 0.198. The highest BCUT2D eigenvalue weighted by Crippen LogP contribution is 2.28. The van der Waals surface area contributed by atoms with Crippen molar-refractivity contribution in [1.29, 1.82) is 0 Å². The minimum Gasteiger partial charge on any atom is -0.381 e. The van der Waals surface area contributed by atoms with Crippen LogP contribution in [0.4, 0.5) is 0 Å². The number of benzene rings is 1. The second-order valence-corrected chi connectivity index (χ2v) is 5.50. The van der Waals surface area contributed by atoms with Gasteiger partial charge in [0.05, 0.1) is 11.6 Å². The van der Waals surface area contributed by atoms with Crippen LogP contribution in [0.3, 0.4) is 0 Å². The third-order valence-corrected chi connectivity index (χ3v) is 4.50. The Balaban J connectivity index is 1.84. The summed E-state index contributed by atoms with van der Waals surface area (Å²) in [6.07, 6.45) is 1.09. The molecule has 0 radical (unpaired) electrons. The van der Waals surface area contributed by atoms with Crippen LogP contribution in [0.15, 0.2) is 29.2 Å². The molecule has 2 rings (SSSR count). The van der Waals surface area contributed by atoms with E-state index < -0.39 is 0 Å². The highest BCUT2D eigenvalue weighted by atomic mass is 35.5. The molecule has 0 saturated carbocycles. The summed E-state index contributed by atoms with van der Waals surface area (Å²) >= 11 is 7.81. The van der Waals surface area contributed by atoms with Crippen LogP contribution < -0.4 is 5.73 Å². The zero-order valence-corrected chi connectivity index (χ0v) is 10.6. The summed E-state index contributed by atoms with van der Waals surface area (Å²) in [4.78, 5) is 1.11. The van der Waals surface area contributed by atoms with E-state index in [-0.39, 0.29) is 6.04 Å². The summed E-state index contributed by atoms with van der Waals surface area (Å²) in [6.45, 7) is 1.67. The van der Waals surface area contributed by atoms with E-state index in [1.807, 2.05) is 24.3 Å². The number of ether oxygens (including phenoxy) is 1. The quantitative estimate of drug-likeness (QED) is 0.843. The van der Waals surface area contributed by atoms with E-state index in [0.29, 0.717) is 5.92 Å². The van der Waals surface area contributed by atoms with Gasteiger partial charge in [-0.3, -0.25) is 0 Å². The Morgan fingerprint density at radius 3 is 3.00 bits per heavy atom. The minimum atomic E-state index is 0.198. The predicted molar refractivity (Wildman–Crippen MR) is 69.1 cm³/mol. The van der Waals surface area contributed by atoms with Crippen LogP contribution in [0.1, 0.15) is 6.42 Å². The molecule has 0 amide bonds. The SMILES string of the molecule is NC(CSc1ccccc1Cl)C1CCOC1. The van der Waals surface area contributed by atoms with Gasteiger partial charge in [0.25, 0.3) is 0 Å². The summed E-state index contributed by atoms with van der Waals surface area (Å²) in [7, 11) is 0. The second kappa shape index (κ2) is 5.92. The van der Waals surface area contributed by atoms with E-state index >= 15 is 0 Å². The van der Waals surface area contributed by atoms with Gasteiger partial charge in [0.15, 0.2) is 0 Å². The van der Waals surface area contributed by atoms with Gasteiger partial charge in [-0.05, 0) is 18.6 Å². The van der Waals surface area contributed by atoms with Crippen LogP contribution in [0.5, 0.6) is 0 Å². The molecular formula is C12H16ClNOS. The van der Waals surface area contributed by atoms with E-state index in [1.54, 1.807) is 11.8 Å². The predicted octanol–water partition coefficient (Wildman–Crippen LogP) is 2.80. The van der Waals surface area contributed by atoms with Gasteiger partial charge in [-0.25, -0.2) is 0 Å². The summed E-state index contributed by atoms with van der Waals surface area (Å²) in [5.74, 6) is 1.41. The maximum atomic E-state index is 6.13. The van der Waals surface area contributed by atoms with E-state index in [0.717, 1.165) is 35.3 Å². The normalized spacial score (nSPS) is 22.2. The zero-order chi connectivity index (χ0) is 11.4. The van der Waals surface area contributed by atoms with Gasteiger partial charge in [0.1, 0.15) is 0 Å². The number of hydrogen-bond acceptors (Lipinski definition) is 3. The van der Waals surface area contributed by atoms with Gasteiger partial charge in [0.2, 0.25) is 0 Å². The van der Waals surface area contributed by atoms with Crippen molar-refractivity contribution in [1.82, 2.24) is 0 Å². The molecular weight excluding hydrogens is 242 g/mol. The molecule has 2 atom stereocenters. The van der Waals surface area contributed by atoms with Crippen LogP contribution in [0, 0.1) is 5.92 Å². The summed E-state index contributed by atoms with van der Waals surface area (Å²) in [5.41, 5.74) is 6.13. The smallest absolute Gasteiger partial charge is 0.0541 e. The van der Waals surface area contributed by atoms with Gasteiger partial charge in [0, 0.05) is 29.2 Å². The molecule has 1 saturated heterocycles. The molecule has 16 heavy (non-hydrogen) atoms. The Kier molecular flexibility index (Phi) is 4.53. The molecule has 4 heteroatoms. The van der Waals surface area contributed by atoms with Crippen LogP contribution in [-0.4, -0.2) is 25.0 Å². The molecule has 2 unspecified atom stereocenters. The molecule has 1 aliphatic rings. The van der Waals surface area contributed by atoms with Crippen LogP contribution in [-0.2, 0) is 4.74 Å². The van der Waals surface area contributed by atoms with Crippen LogP contribution in [0.25, 0.3) is 0 Å². The van der Waals surface area contributed by atoms with Crippen molar-refractivity contribution in [2.24, 2.45) is 11.7 Å². The molecule has 2 N–H and O–H groups in total. The monoisotopic (exact) mass is 257 g/mol. The maximum Gasteiger partial charge on any atom is 0.0541 e. The first-order valence-electron chi connectivity index (χ1n) is 5.48. The molecule has 0 spiro atoms. The number of nitrogens with two attached hydrogens (primary N) is 1. The summed E-state index contributed by atoms with van der Waals surface area (Å²) in [6, 6.07) is 8.08. The third-order valence-electron chi connectivity index (χ3n) is 2.84. The Morgan fingerprint density at radius 1 is 1.50 bits per heavy atom. The lowest BCUT2D eigenvalue weighted by Crippen LogP contribution is -2.32. The second-order valence-electron chi connectivity index (χ2n) is 4.03. The van der Waals surface area contributed by atoms with Gasteiger partial charge in [-0.2, -0.15) is 0 Å². The fraction of sp³-hybridized carbons (Fsp3) is 0.500. The van der Waals surface area contributed by atoms with E-state index in [4.69, 9.17) is 22.1 Å². The van der Waals surface area contributed by atoms with Crippen molar-refractivity contribution in [3.63, 3.8) is 0 Å². The van der Waals surface area contributed by atoms with Crippen LogP contribution in [0.2, 0.25) is 5.02 Å². The van der Waals surface area contributed by atoms with E-state index in [1.165, 1.54) is 0 Å². The molecule has 1 aromatic rings. The molecule has 1 fully saturated rings. The van der Waals surface area contributed by atoms with Crippen molar-refractivity contribution < 1.29 is 4.74 Å². The Morgan fingerprint density at radius 2 is 2.31 bits per heavy atom. The van der Waals surface area contributed by atoms with Crippen molar-refractivity contribution >= 4 is 23.4 Å². The van der Waals surface area contributed by atoms with Crippen molar-refractivity contribution in [3.8, 4) is 0 Å². The van der Waals surface area contributed by atoms with Gasteiger partial charge in [-0.15, -0.1) is 11.8 Å². The molecule has 0 aromatic heterocycles. The Labute approximate surface area is 105 Å². The van der Waals surface area contributed by atoms with Gasteiger partial charge >= 0.3 is 0 Å². The maximum absolute atomic E-state index is 6.13. The topological polar surface area (TPSA) is 35.2 Å². The first kappa shape index (κ1) is 12.2. The largest absolute Gasteiger partial charge is 0.381 e. The fourth-order valence-electron chi connectivity index (χ4n) is 1.77. The lowest BCUT2D eigenvalue weighted by molar-refractivity contribution is 0.182. The Hall–Kier alpha value is -0.220. The lowest BCUT2D eigenvalue weighted by Gasteiger charge is -2.17. The number of rotatable bonds is 4. The first-order chi connectivity index (χ1) is 7.77. The van der Waals surface area contributed by atoms with E-state index in [2.05, 4.69) is 0 Å². The van der Waals surface area contributed by atoms with Crippen molar-refractivity contribution in [2.75, 3.05) is 19.0 Å². The van der Waals surface area contributed by atoms with Crippen LogP contribution >= 0.6 is 23.4 Å². The highest BCUT2D eigenvalue weighted by Gasteiger charge is 2.22. The first-order valence-corrected chi connectivity index (χ1v) is 6.84. The van der Waals surface area contributed by atoms with E-state index in [9.17, 15) is 0 Å². The number of thioether (sulfide) groups is 1.